The van der Waals surface area contributed by atoms with Gasteiger partial charge in [0.15, 0.2) is 0 Å². The second-order valence-corrected chi connectivity index (χ2v) is 5.86. The van der Waals surface area contributed by atoms with Crippen molar-refractivity contribution >= 4 is 40.9 Å². The minimum atomic E-state index is -0.0193. The highest BCUT2D eigenvalue weighted by molar-refractivity contribution is 14.1. The third-order valence-electron chi connectivity index (χ3n) is 3.09. The highest BCUT2D eigenvalue weighted by atomic mass is 127. The van der Waals surface area contributed by atoms with E-state index in [1.54, 1.807) is 0 Å². The van der Waals surface area contributed by atoms with Gasteiger partial charge in [-0.1, -0.05) is 11.6 Å². The first-order chi connectivity index (χ1) is 8.08. The summed E-state index contributed by atoms with van der Waals surface area (Å²) in [6.07, 6.45) is 2.41. The molecule has 18 heavy (non-hydrogen) atoms. The Morgan fingerprint density at radius 1 is 1.56 bits per heavy atom. The molecule has 100 valence electrons. The molecule has 3 nitrogen and oxygen atoms in total. The maximum atomic E-state index is 12.0. The monoisotopic (exact) mass is 380 g/mol. The minimum Gasteiger partial charge on any atom is -0.350 e. The van der Waals surface area contributed by atoms with E-state index < -0.39 is 0 Å². The standard InChI is InChI=1S/C13H17IN2O.ClH/c1-8-2-5-11(14)10(6-8)13(17)16-7-12(15)9-3-4-9;/h2,5-6,9,12H,3-4,7,15H2,1H3,(H,16,17);1H. The molecule has 0 aromatic heterocycles. The normalized spacial score (nSPS) is 15.7. The van der Waals surface area contributed by atoms with Crippen molar-refractivity contribution in [2.45, 2.75) is 25.8 Å². The van der Waals surface area contributed by atoms with E-state index in [-0.39, 0.29) is 24.4 Å². The van der Waals surface area contributed by atoms with E-state index in [1.165, 1.54) is 12.8 Å². The van der Waals surface area contributed by atoms with Gasteiger partial charge in [0.25, 0.3) is 5.91 Å². The SMILES string of the molecule is Cc1ccc(I)c(C(=O)NCC(N)C2CC2)c1.Cl. The van der Waals surface area contributed by atoms with Crippen LogP contribution in [0.2, 0.25) is 0 Å². The summed E-state index contributed by atoms with van der Waals surface area (Å²) in [4.78, 5) is 12.0. The molecule has 1 fully saturated rings. The number of halogens is 2. The molecule has 1 atom stereocenters. The Bertz CT molecular complexity index is 435. The summed E-state index contributed by atoms with van der Waals surface area (Å²) in [5.74, 6) is 0.598. The number of amides is 1. The maximum absolute atomic E-state index is 12.0. The van der Waals surface area contributed by atoms with Crippen LogP contribution in [-0.4, -0.2) is 18.5 Å². The van der Waals surface area contributed by atoms with Gasteiger partial charge in [-0.2, -0.15) is 0 Å². The van der Waals surface area contributed by atoms with Crippen LogP contribution in [0.1, 0.15) is 28.8 Å². The molecule has 0 aliphatic heterocycles. The van der Waals surface area contributed by atoms with Crippen molar-refractivity contribution in [1.29, 1.82) is 0 Å². The minimum absolute atomic E-state index is 0. The average molecular weight is 381 g/mol. The van der Waals surface area contributed by atoms with Gasteiger partial charge >= 0.3 is 0 Å². The molecule has 1 aliphatic carbocycles. The molecule has 1 aliphatic rings. The number of hydrogen-bond donors (Lipinski definition) is 2. The Hall–Kier alpha value is -0.330. The molecule has 5 heteroatoms. The van der Waals surface area contributed by atoms with Crippen molar-refractivity contribution in [3.8, 4) is 0 Å². The van der Waals surface area contributed by atoms with Crippen LogP contribution in [0.4, 0.5) is 0 Å². The Morgan fingerprint density at radius 2 is 2.22 bits per heavy atom. The molecule has 0 bridgehead atoms. The van der Waals surface area contributed by atoms with Crippen LogP contribution in [0.3, 0.4) is 0 Å². The molecule has 1 aromatic carbocycles. The van der Waals surface area contributed by atoms with Crippen LogP contribution in [-0.2, 0) is 0 Å². The molecule has 0 saturated heterocycles. The Kier molecular flexibility index (Phi) is 5.88. The second-order valence-electron chi connectivity index (χ2n) is 4.69. The largest absolute Gasteiger partial charge is 0.350 e. The van der Waals surface area contributed by atoms with E-state index in [9.17, 15) is 4.79 Å². The van der Waals surface area contributed by atoms with Gasteiger partial charge in [-0.15, -0.1) is 12.4 Å². The predicted octanol–water partition coefficient (Wildman–Crippen LogP) is 2.49. The van der Waals surface area contributed by atoms with Crippen LogP contribution in [0.25, 0.3) is 0 Å². The summed E-state index contributed by atoms with van der Waals surface area (Å²) >= 11 is 2.18. The van der Waals surface area contributed by atoms with Gasteiger partial charge in [0.2, 0.25) is 0 Å². The molecule has 1 aromatic rings. The summed E-state index contributed by atoms with van der Waals surface area (Å²) in [6.45, 7) is 2.57. The second kappa shape index (κ2) is 6.73. The smallest absolute Gasteiger partial charge is 0.252 e. The van der Waals surface area contributed by atoms with E-state index in [0.29, 0.717) is 12.5 Å². The molecule has 1 unspecified atom stereocenters. The number of aryl methyl sites for hydroxylation is 1. The van der Waals surface area contributed by atoms with Gasteiger partial charge in [0, 0.05) is 16.2 Å². The van der Waals surface area contributed by atoms with Crippen molar-refractivity contribution in [2.75, 3.05) is 6.54 Å². The number of carbonyl (C=O) groups excluding carboxylic acids is 1. The van der Waals surface area contributed by atoms with E-state index in [2.05, 4.69) is 27.9 Å². The summed E-state index contributed by atoms with van der Waals surface area (Å²) in [5.41, 5.74) is 7.80. The molecular formula is C13H18ClIN2O. The molecule has 0 heterocycles. The molecule has 2 rings (SSSR count). The lowest BCUT2D eigenvalue weighted by molar-refractivity contribution is 0.0949. The van der Waals surface area contributed by atoms with Crippen LogP contribution in [0, 0.1) is 16.4 Å². The van der Waals surface area contributed by atoms with Crippen molar-refractivity contribution in [3.05, 3.63) is 32.9 Å². The first-order valence-electron chi connectivity index (χ1n) is 5.88. The molecule has 0 spiro atoms. The number of carbonyl (C=O) groups is 1. The van der Waals surface area contributed by atoms with E-state index in [1.807, 2.05) is 25.1 Å². The third-order valence-corrected chi connectivity index (χ3v) is 4.03. The van der Waals surface area contributed by atoms with Gasteiger partial charge < -0.3 is 11.1 Å². The summed E-state index contributed by atoms with van der Waals surface area (Å²) in [5, 5.41) is 2.92. The lowest BCUT2D eigenvalue weighted by Crippen LogP contribution is -2.38. The Balaban J connectivity index is 0.00000162. The third kappa shape index (κ3) is 4.10. The zero-order chi connectivity index (χ0) is 12.4. The topological polar surface area (TPSA) is 55.1 Å². The maximum Gasteiger partial charge on any atom is 0.252 e. The van der Waals surface area contributed by atoms with Crippen LogP contribution in [0.5, 0.6) is 0 Å². The predicted molar refractivity (Wildman–Crippen MR) is 84.2 cm³/mol. The fourth-order valence-electron chi connectivity index (χ4n) is 1.81. The van der Waals surface area contributed by atoms with Gasteiger partial charge in [-0.05, 0) is 60.4 Å². The van der Waals surface area contributed by atoms with Crippen molar-refractivity contribution < 1.29 is 4.79 Å². The fraction of sp³-hybridized carbons (Fsp3) is 0.462. The Morgan fingerprint density at radius 3 is 2.83 bits per heavy atom. The fourth-order valence-corrected chi connectivity index (χ4v) is 2.39. The molecule has 1 saturated carbocycles. The van der Waals surface area contributed by atoms with E-state index >= 15 is 0 Å². The molecule has 1 amide bonds. The van der Waals surface area contributed by atoms with Crippen molar-refractivity contribution in [2.24, 2.45) is 11.7 Å². The quantitative estimate of drug-likeness (QED) is 0.789. The lowest BCUT2D eigenvalue weighted by atomic mass is 10.1. The zero-order valence-electron chi connectivity index (χ0n) is 10.3. The molecule has 3 N–H and O–H groups in total. The summed E-state index contributed by atoms with van der Waals surface area (Å²) in [6, 6.07) is 6.00. The number of nitrogens with two attached hydrogens (primary N) is 1. The molecule has 0 radical (unpaired) electrons. The van der Waals surface area contributed by atoms with E-state index in [4.69, 9.17) is 5.73 Å². The first kappa shape index (κ1) is 15.7. The lowest BCUT2D eigenvalue weighted by Gasteiger charge is -2.12. The number of nitrogens with one attached hydrogen (secondary N) is 1. The first-order valence-corrected chi connectivity index (χ1v) is 6.95. The zero-order valence-corrected chi connectivity index (χ0v) is 13.3. The number of rotatable bonds is 4. The van der Waals surface area contributed by atoms with Gasteiger partial charge in [0.1, 0.15) is 0 Å². The van der Waals surface area contributed by atoms with Crippen molar-refractivity contribution in [3.63, 3.8) is 0 Å². The van der Waals surface area contributed by atoms with Gasteiger partial charge in [-0.25, -0.2) is 0 Å². The summed E-state index contributed by atoms with van der Waals surface area (Å²) in [7, 11) is 0. The van der Waals surface area contributed by atoms with Crippen LogP contribution < -0.4 is 11.1 Å². The van der Waals surface area contributed by atoms with Gasteiger partial charge in [-0.3, -0.25) is 4.79 Å². The summed E-state index contributed by atoms with van der Waals surface area (Å²) < 4.78 is 0.977. The number of hydrogen-bond acceptors (Lipinski definition) is 2. The highest BCUT2D eigenvalue weighted by Gasteiger charge is 2.28. The van der Waals surface area contributed by atoms with Gasteiger partial charge in [0.05, 0.1) is 5.56 Å². The Labute approximate surface area is 127 Å². The number of benzene rings is 1. The molecular weight excluding hydrogens is 363 g/mol. The van der Waals surface area contributed by atoms with Crippen molar-refractivity contribution in [1.82, 2.24) is 5.32 Å². The van der Waals surface area contributed by atoms with Crippen LogP contribution in [0.15, 0.2) is 18.2 Å². The average Bonchev–Trinajstić information content (AvgIpc) is 3.12. The van der Waals surface area contributed by atoms with E-state index in [0.717, 1.165) is 14.7 Å². The van der Waals surface area contributed by atoms with Crippen LogP contribution >= 0.6 is 35.0 Å². The highest BCUT2D eigenvalue weighted by Crippen LogP contribution is 2.31.